The molecule has 3 aromatic rings. The maximum absolute atomic E-state index is 13.2. The van der Waals surface area contributed by atoms with E-state index in [4.69, 9.17) is 4.84 Å². The minimum Gasteiger partial charge on any atom is -0.508 e. The number of hydrogen-bond acceptors (Lipinski definition) is 14. The molecule has 1 saturated heterocycles. The van der Waals surface area contributed by atoms with Gasteiger partial charge in [0.2, 0.25) is 5.13 Å². The van der Waals surface area contributed by atoms with Crippen LogP contribution in [-0.2, 0) is 26.3 Å². The number of aryl methyl sites for hydroxylation is 1. The van der Waals surface area contributed by atoms with E-state index in [1.54, 1.807) is 17.5 Å². The molecule has 0 spiro atoms. The lowest BCUT2D eigenvalue weighted by molar-refractivity contribution is -0.150. The first-order chi connectivity index (χ1) is 21.1. The van der Waals surface area contributed by atoms with Gasteiger partial charge in [0.15, 0.2) is 10.9 Å². The van der Waals surface area contributed by atoms with E-state index < -0.39 is 40.3 Å². The quantitative estimate of drug-likeness (QED) is 0.0758. The van der Waals surface area contributed by atoms with E-state index in [0.717, 1.165) is 33.6 Å². The third-order valence-corrected chi connectivity index (χ3v) is 9.41. The van der Waals surface area contributed by atoms with Crippen LogP contribution in [0.15, 0.2) is 65.8 Å². The lowest BCUT2D eigenvalue weighted by Gasteiger charge is -2.49. The number of H-pyrrole nitrogens is 1. The Morgan fingerprint density at radius 2 is 2.00 bits per heavy atom. The number of amides is 2. The van der Waals surface area contributed by atoms with Gasteiger partial charge in [-0.25, -0.2) is 14.8 Å². The number of phenols is 1. The fourth-order valence-corrected chi connectivity index (χ4v) is 7.21. The number of thioether (sulfide) groups is 2. The number of aliphatic imine (C=N–C) groups is 1. The number of nitrogens with zero attached hydrogens (tertiary/aromatic N) is 6. The highest BCUT2D eigenvalue weighted by molar-refractivity contribution is 8.01. The smallest absolute Gasteiger partial charge is 0.352 e. The standard InChI is InChI=1S/C25H22N8O8S3/c1-32-25(29-19(36)20(37)30-32)44-9-12-8-42-22-16(21(38)33(22)17(12)23(39)40)28-18(35)15(31-41-2)14-10-43-24(27-14)26-7-11-3-5-13(34)6-4-11/h3-7,10,16,22,34H,8-9H2,1-2H3,(H,28,35)(H,30,37)(H,39,40)/b26-7?,31-15+/t16-,22-/m1/s1. The highest BCUT2D eigenvalue weighted by Crippen LogP contribution is 2.41. The zero-order valence-electron chi connectivity index (χ0n) is 22.8. The van der Waals surface area contributed by atoms with Gasteiger partial charge >= 0.3 is 17.1 Å². The molecule has 44 heavy (non-hydrogen) atoms. The van der Waals surface area contributed by atoms with Crippen molar-refractivity contribution in [1.82, 2.24) is 30.0 Å². The number of fused-ring (bicyclic) bond motifs is 1. The number of aromatic amines is 1. The highest BCUT2D eigenvalue weighted by atomic mass is 32.2. The molecule has 0 bridgehead atoms. The van der Waals surface area contributed by atoms with Crippen LogP contribution in [0.25, 0.3) is 0 Å². The van der Waals surface area contributed by atoms with Crippen molar-refractivity contribution >= 4 is 69.7 Å². The number of aromatic nitrogens is 4. The topological polar surface area (TPSA) is 222 Å². The number of carbonyl (C=O) groups excluding carboxylic acids is 2. The summed E-state index contributed by atoms with van der Waals surface area (Å²) in [6.07, 6.45) is 1.54. The van der Waals surface area contributed by atoms with Crippen LogP contribution >= 0.6 is 34.9 Å². The Bertz CT molecular complexity index is 1850. The largest absolute Gasteiger partial charge is 0.508 e. The number of rotatable bonds is 10. The zero-order valence-corrected chi connectivity index (χ0v) is 25.2. The molecular formula is C25H22N8O8S3. The number of nitrogens with one attached hydrogen (secondary N) is 2. The summed E-state index contributed by atoms with van der Waals surface area (Å²) in [6.45, 7) is 0. The molecular weight excluding hydrogens is 637 g/mol. The van der Waals surface area contributed by atoms with Crippen LogP contribution in [-0.4, -0.2) is 94.6 Å². The maximum atomic E-state index is 13.2. The van der Waals surface area contributed by atoms with Gasteiger partial charge in [-0.15, -0.1) is 23.1 Å². The highest BCUT2D eigenvalue weighted by Gasteiger charge is 2.54. The van der Waals surface area contributed by atoms with Crippen molar-refractivity contribution in [3.8, 4) is 5.75 Å². The minimum absolute atomic E-state index is 0.0838. The van der Waals surface area contributed by atoms with Crippen molar-refractivity contribution in [2.24, 2.45) is 17.2 Å². The van der Waals surface area contributed by atoms with Gasteiger partial charge in [0, 0.05) is 30.1 Å². The second-order valence-corrected chi connectivity index (χ2v) is 12.0. The van der Waals surface area contributed by atoms with Crippen LogP contribution in [0.1, 0.15) is 11.3 Å². The number of hydrogen-bond donors (Lipinski definition) is 4. The Hall–Kier alpha value is -4.75. The fraction of sp³-hybridized carbons (Fsp3) is 0.240. The number of aliphatic carboxylic acids is 1. The Morgan fingerprint density at radius 3 is 2.70 bits per heavy atom. The second kappa shape index (κ2) is 12.9. The van der Waals surface area contributed by atoms with Gasteiger partial charge in [-0.3, -0.25) is 33.9 Å². The summed E-state index contributed by atoms with van der Waals surface area (Å²) >= 11 is 3.44. The Labute approximate surface area is 259 Å². The van der Waals surface area contributed by atoms with Gasteiger partial charge in [-0.2, -0.15) is 4.98 Å². The van der Waals surface area contributed by atoms with Crippen LogP contribution < -0.4 is 16.4 Å². The Kier molecular flexibility index (Phi) is 8.97. The summed E-state index contributed by atoms with van der Waals surface area (Å²) in [5.41, 5.74) is -0.990. The van der Waals surface area contributed by atoms with E-state index in [1.165, 1.54) is 48.9 Å². The van der Waals surface area contributed by atoms with E-state index in [0.29, 0.717) is 10.7 Å². The van der Waals surface area contributed by atoms with Crippen LogP contribution in [0, 0.1) is 0 Å². The van der Waals surface area contributed by atoms with Gasteiger partial charge in [-0.05, 0) is 35.4 Å². The molecule has 19 heteroatoms. The van der Waals surface area contributed by atoms with Gasteiger partial charge in [0.1, 0.15) is 35.7 Å². The Balaban J connectivity index is 1.28. The van der Waals surface area contributed by atoms with Crippen LogP contribution in [0.5, 0.6) is 5.75 Å². The van der Waals surface area contributed by atoms with Crippen LogP contribution in [0.3, 0.4) is 0 Å². The van der Waals surface area contributed by atoms with E-state index in [-0.39, 0.29) is 39.5 Å². The van der Waals surface area contributed by atoms with Gasteiger partial charge in [0.05, 0.1) is 0 Å². The van der Waals surface area contributed by atoms with Crippen molar-refractivity contribution in [2.45, 2.75) is 16.6 Å². The zero-order chi connectivity index (χ0) is 31.5. The number of benzene rings is 1. The lowest BCUT2D eigenvalue weighted by atomic mass is 10.0. The van der Waals surface area contributed by atoms with Crippen LogP contribution in [0.2, 0.25) is 0 Å². The molecule has 2 aliphatic rings. The number of carbonyl (C=O) groups is 3. The first-order valence-electron chi connectivity index (χ1n) is 12.5. The van der Waals surface area contributed by atoms with Gasteiger partial charge in [0.25, 0.3) is 11.8 Å². The molecule has 5 rings (SSSR count). The second-order valence-electron chi connectivity index (χ2n) is 9.09. The molecule has 16 nitrogen and oxygen atoms in total. The van der Waals surface area contributed by atoms with E-state index in [9.17, 15) is 34.2 Å². The van der Waals surface area contributed by atoms with Gasteiger partial charge < -0.3 is 20.4 Å². The Morgan fingerprint density at radius 1 is 1.25 bits per heavy atom. The molecule has 4 heterocycles. The van der Waals surface area contributed by atoms with Gasteiger partial charge in [-0.1, -0.05) is 16.9 Å². The third kappa shape index (κ3) is 6.29. The molecule has 4 N–H and O–H groups in total. The number of thiazole rings is 1. The van der Waals surface area contributed by atoms with E-state index >= 15 is 0 Å². The SMILES string of the molecule is CO/N=C(/C(=O)N[C@@H]1C(=O)N2C(C(=O)O)=C(CSc3nc(=O)c(=O)[nH]n3C)CS[C@H]12)c1csc(N=Cc2ccc(O)cc2)n1. The van der Waals surface area contributed by atoms with Crippen molar-refractivity contribution in [3.63, 3.8) is 0 Å². The monoisotopic (exact) mass is 658 g/mol. The first-order valence-corrected chi connectivity index (χ1v) is 15.4. The lowest BCUT2D eigenvalue weighted by Crippen LogP contribution is -2.71. The summed E-state index contributed by atoms with van der Waals surface area (Å²) in [5, 5.41) is 29.4. The summed E-state index contributed by atoms with van der Waals surface area (Å²) in [6, 6.07) is 5.33. The van der Waals surface area contributed by atoms with Crippen molar-refractivity contribution in [2.75, 3.05) is 18.6 Å². The molecule has 0 radical (unpaired) electrons. The summed E-state index contributed by atoms with van der Waals surface area (Å²) in [5.74, 6) is -2.28. The van der Waals surface area contributed by atoms with E-state index in [1.807, 2.05) is 0 Å². The van der Waals surface area contributed by atoms with Crippen molar-refractivity contribution < 1.29 is 29.4 Å². The average molecular weight is 659 g/mol. The molecule has 0 unspecified atom stereocenters. The number of β-lactam (4-membered cyclic amide) rings is 1. The molecule has 2 amide bonds. The molecule has 0 saturated carbocycles. The average Bonchev–Trinajstić information content (AvgIpc) is 3.47. The number of oxime groups is 1. The van der Waals surface area contributed by atoms with Crippen molar-refractivity contribution in [3.05, 3.63) is 72.9 Å². The maximum Gasteiger partial charge on any atom is 0.352 e. The normalized spacial score (nSPS) is 18.3. The fourth-order valence-electron chi connectivity index (χ4n) is 4.16. The molecule has 2 aliphatic heterocycles. The molecule has 1 fully saturated rings. The van der Waals surface area contributed by atoms with Crippen molar-refractivity contribution in [1.29, 1.82) is 0 Å². The van der Waals surface area contributed by atoms with E-state index in [2.05, 4.69) is 30.5 Å². The number of carboxylic acids is 1. The number of phenolic OH excluding ortho intramolecular Hbond substituents is 1. The molecule has 1 aromatic carbocycles. The predicted molar refractivity (Wildman–Crippen MR) is 162 cm³/mol. The third-order valence-electron chi connectivity index (χ3n) is 6.21. The minimum atomic E-state index is -1.32. The van der Waals surface area contributed by atoms with Crippen LogP contribution in [0.4, 0.5) is 5.13 Å². The molecule has 0 aliphatic carbocycles. The summed E-state index contributed by atoms with van der Waals surface area (Å²) in [4.78, 5) is 79.9. The molecule has 2 atom stereocenters. The molecule has 2 aromatic heterocycles. The first kappa shape index (κ1) is 30.7. The summed E-state index contributed by atoms with van der Waals surface area (Å²) < 4.78 is 1.25. The predicted octanol–water partition coefficient (Wildman–Crippen LogP) is 0.263. The number of carboxylic acid groups (broad SMARTS) is 1. The number of aromatic hydroxyl groups is 1. The summed E-state index contributed by atoms with van der Waals surface area (Å²) in [7, 11) is 2.74. The molecule has 228 valence electrons.